The minimum Gasteiger partial charge on any atom is -0.492 e. The first-order valence-electron chi connectivity index (χ1n) is 9.10. The van der Waals surface area contributed by atoms with Gasteiger partial charge in [0.15, 0.2) is 0 Å². The van der Waals surface area contributed by atoms with Gasteiger partial charge < -0.3 is 4.74 Å². The third-order valence-electron chi connectivity index (χ3n) is 5.24. The van der Waals surface area contributed by atoms with E-state index in [0.29, 0.717) is 30.6 Å². The van der Waals surface area contributed by atoms with Crippen LogP contribution >= 0.6 is 0 Å². The van der Waals surface area contributed by atoms with Crippen LogP contribution < -0.4 is 4.74 Å². The Labute approximate surface area is 144 Å². The summed E-state index contributed by atoms with van der Waals surface area (Å²) in [5.74, 6) is 1.68. The van der Waals surface area contributed by atoms with E-state index >= 15 is 0 Å². The zero-order chi connectivity index (χ0) is 16.6. The minimum atomic E-state index is -3.34. The van der Waals surface area contributed by atoms with Crippen LogP contribution in [0.5, 0.6) is 5.75 Å². The van der Waals surface area contributed by atoms with Gasteiger partial charge in [-0.05, 0) is 55.9 Å². The van der Waals surface area contributed by atoms with Gasteiger partial charge in [-0.1, -0.05) is 6.42 Å². The van der Waals surface area contributed by atoms with Gasteiger partial charge in [-0.25, -0.2) is 8.42 Å². The molecule has 0 radical (unpaired) electrons. The summed E-state index contributed by atoms with van der Waals surface area (Å²) in [5, 5.41) is 0. The second-order valence-electron chi connectivity index (χ2n) is 7.30. The smallest absolute Gasteiger partial charge is 0.243 e. The number of piperidine rings is 1. The highest BCUT2D eigenvalue weighted by Crippen LogP contribution is 2.33. The molecule has 0 amide bonds. The Morgan fingerprint density at radius 1 is 1.04 bits per heavy atom. The second-order valence-corrected chi connectivity index (χ2v) is 9.24. The van der Waals surface area contributed by atoms with E-state index in [2.05, 4.69) is 4.90 Å². The molecular weight excluding hydrogens is 324 g/mol. The summed E-state index contributed by atoms with van der Waals surface area (Å²) in [6.45, 7) is 4.34. The van der Waals surface area contributed by atoms with Crippen LogP contribution in [0.4, 0.5) is 0 Å². The summed E-state index contributed by atoms with van der Waals surface area (Å²) in [7, 11) is -3.34. The lowest BCUT2D eigenvalue weighted by atomic mass is 10.2. The van der Waals surface area contributed by atoms with Crippen molar-refractivity contribution in [3.8, 4) is 5.75 Å². The first-order valence-corrected chi connectivity index (χ1v) is 10.5. The van der Waals surface area contributed by atoms with Gasteiger partial charge in [0.2, 0.25) is 10.0 Å². The molecule has 1 saturated carbocycles. The molecule has 1 aromatic rings. The molecule has 1 aliphatic carbocycles. The fourth-order valence-corrected chi connectivity index (χ4v) is 4.91. The topological polar surface area (TPSA) is 49.6 Å². The molecule has 6 heteroatoms. The summed E-state index contributed by atoms with van der Waals surface area (Å²) in [6.07, 6.45) is 5.81. The van der Waals surface area contributed by atoms with Crippen molar-refractivity contribution in [1.29, 1.82) is 0 Å². The highest BCUT2D eigenvalue weighted by Gasteiger charge is 2.38. The number of ether oxygens (including phenoxy) is 1. The van der Waals surface area contributed by atoms with Crippen LogP contribution in [0.1, 0.15) is 32.1 Å². The van der Waals surface area contributed by atoms with E-state index in [9.17, 15) is 8.42 Å². The van der Waals surface area contributed by atoms with Gasteiger partial charge in [-0.2, -0.15) is 4.31 Å². The van der Waals surface area contributed by atoms with Crippen molar-refractivity contribution in [2.45, 2.75) is 43.0 Å². The molecular formula is C18H26N2O3S. The van der Waals surface area contributed by atoms with Crippen molar-refractivity contribution in [3.05, 3.63) is 24.3 Å². The molecule has 1 aromatic carbocycles. The largest absolute Gasteiger partial charge is 0.492 e. The Morgan fingerprint density at radius 3 is 2.42 bits per heavy atom. The molecule has 2 aliphatic heterocycles. The van der Waals surface area contributed by atoms with E-state index in [1.165, 1.54) is 19.4 Å². The molecule has 2 heterocycles. The first kappa shape index (κ1) is 16.4. The van der Waals surface area contributed by atoms with Crippen molar-refractivity contribution in [1.82, 2.24) is 9.21 Å². The van der Waals surface area contributed by atoms with Gasteiger partial charge in [0, 0.05) is 26.2 Å². The van der Waals surface area contributed by atoms with Gasteiger partial charge >= 0.3 is 0 Å². The Bertz CT molecular complexity index is 664. The minimum absolute atomic E-state index is 0.374. The monoisotopic (exact) mass is 350 g/mol. The number of nitrogens with zero attached hydrogens (tertiary/aromatic N) is 2. The number of rotatable bonds is 7. The highest BCUT2D eigenvalue weighted by atomic mass is 32.2. The van der Waals surface area contributed by atoms with Crippen LogP contribution in [0.15, 0.2) is 29.2 Å². The number of benzene rings is 1. The van der Waals surface area contributed by atoms with Gasteiger partial charge in [0.1, 0.15) is 12.4 Å². The SMILES string of the molecule is O=S(=O)(c1ccc(OCC2CN2CC2CC2)cc1)N1CCCCC1. The van der Waals surface area contributed by atoms with E-state index < -0.39 is 10.0 Å². The van der Waals surface area contributed by atoms with Crippen molar-refractivity contribution in [2.75, 3.05) is 32.8 Å². The quantitative estimate of drug-likeness (QED) is 0.708. The van der Waals surface area contributed by atoms with Gasteiger partial charge in [0.25, 0.3) is 0 Å². The van der Waals surface area contributed by atoms with Crippen LogP contribution in [-0.2, 0) is 10.0 Å². The van der Waals surface area contributed by atoms with Crippen LogP contribution in [0, 0.1) is 5.92 Å². The summed E-state index contributed by atoms with van der Waals surface area (Å²) < 4.78 is 32.6. The predicted molar refractivity (Wildman–Crippen MR) is 92.6 cm³/mol. The summed E-state index contributed by atoms with van der Waals surface area (Å²) in [4.78, 5) is 2.84. The van der Waals surface area contributed by atoms with Crippen molar-refractivity contribution >= 4 is 10.0 Å². The fourth-order valence-electron chi connectivity index (χ4n) is 3.39. The lowest BCUT2D eigenvalue weighted by Gasteiger charge is -2.25. The Kier molecular flexibility index (Phi) is 4.54. The summed E-state index contributed by atoms with van der Waals surface area (Å²) in [6, 6.07) is 7.46. The van der Waals surface area contributed by atoms with Crippen LogP contribution in [0.3, 0.4) is 0 Å². The lowest BCUT2D eigenvalue weighted by Crippen LogP contribution is -2.35. The Morgan fingerprint density at radius 2 is 1.75 bits per heavy atom. The van der Waals surface area contributed by atoms with Crippen LogP contribution in [-0.4, -0.2) is 56.5 Å². The predicted octanol–water partition coefficient (Wildman–Crippen LogP) is 2.33. The molecule has 0 aromatic heterocycles. The Balaban J connectivity index is 1.31. The van der Waals surface area contributed by atoms with Crippen LogP contribution in [0.25, 0.3) is 0 Å². The highest BCUT2D eigenvalue weighted by molar-refractivity contribution is 7.89. The normalized spacial score (nSPS) is 27.8. The molecule has 4 rings (SSSR count). The van der Waals surface area contributed by atoms with Crippen molar-refractivity contribution < 1.29 is 13.2 Å². The molecule has 0 N–H and O–H groups in total. The zero-order valence-corrected chi connectivity index (χ0v) is 14.9. The number of hydrogen-bond acceptors (Lipinski definition) is 4. The van der Waals surface area contributed by atoms with E-state index in [1.807, 2.05) is 0 Å². The number of sulfonamides is 1. The first-order chi connectivity index (χ1) is 11.6. The molecule has 24 heavy (non-hydrogen) atoms. The molecule has 5 nitrogen and oxygen atoms in total. The lowest BCUT2D eigenvalue weighted by molar-refractivity contribution is 0.292. The van der Waals surface area contributed by atoms with E-state index in [0.717, 1.165) is 37.5 Å². The third-order valence-corrected chi connectivity index (χ3v) is 7.15. The third kappa shape index (κ3) is 3.76. The average molecular weight is 350 g/mol. The van der Waals surface area contributed by atoms with Gasteiger partial charge in [-0.15, -0.1) is 0 Å². The molecule has 2 atom stereocenters. The number of hydrogen-bond donors (Lipinski definition) is 0. The molecule has 0 spiro atoms. The maximum Gasteiger partial charge on any atom is 0.243 e. The molecule has 2 saturated heterocycles. The molecule has 2 unspecified atom stereocenters. The van der Waals surface area contributed by atoms with E-state index in [4.69, 9.17) is 4.74 Å². The Hall–Kier alpha value is -1.11. The second kappa shape index (κ2) is 6.65. The summed E-state index contributed by atoms with van der Waals surface area (Å²) >= 11 is 0. The van der Waals surface area contributed by atoms with Crippen LogP contribution in [0.2, 0.25) is 0 Å². The molecule has 132 valence electrons. The van der Waals surface area contributed by atoms with Crippen molar-refractivity contribution in [2.24, 2.45) is 5.92 Å². The maximum atomic E-state index is 12.6. The van der Waals surface area contributed by atoms with Gasteiger partial charge in [-0.3, -0.25) is 4.90 Å². The standard InChI is InChI=1S/C18H26N2O3S/c21-24(22,20-10-2-1-3-11-20)18-8-6-17(7-9-18)23-14-16-13-19(16)12-15-4-5-15/h6-9,15-16H,1-5,10-14H2. The van der Waals surface area contributed by atoms with Gasteiger partial charge in [0.05, 0.1) is 10.9 Å². The molecule has 3 aliphatic rings. The van der Waals surface area contributed by atoms with Crippen molar-refractivity contribution in [3.63, 3.8) is 0 Å². The molecule has 0 bridgehead atoms. The fraction of sp³-hybridized carbons (Fsp3) is 0.667. The van der Waals surface area contributed by atoms with E-state index in [-0.39, 0.29) is 0 Å². The summed E-state index contributed by atoms with van der Waals surface area (Å²) in [5.41, 5.74) is 0. The van der Waals surface area contributed by atoms with E-state index in [1.54, 1.807) is 28.6 Å². The average Bonchev–Trinajstić information content (AvgIpc) is 3.53. The molecule has 3 fully saturated rings. The maximum absolute atomic E-state index is 12.6. The zero-order valence-electron chi connectivity index (χ0n) is 14.1.